The van der Waals surface area contributed by atoms with Crippen LogP contribution >= 0.6 is 34.7 Å². The zero-order valence-corrected chi connectivity index (χ0v) is 12.6. The van der Waals surface area contributed by atoms with Gasteiger partial charge >= 0.3 is 0 Å². The number of nitrogens with zero attached hydrogens (tertiary/aromatic N) is 1. The van der Waals surface area contributed by atoms with Crippen LogP contribution in [0.1, 0.15) is 5.01 Å². The van der Waals surface area contributed by atoms with Crippen LogP contribution in [-0.2, 0) is 0 Å². The second-order valence-corrected chi connectivity index (χ2v) is 6.93. The van der Waals surface area contributed by atoms with Crippen LogP contribution in [0.5, 0.6) is 0 Å². The minimum atomic E-state index is 0.739. The molecular weight excluding hydrogens is 296 g/mol. The fourth-order valence-electron chi connectivity index (χ4n) is 1.80. The minimum Gasteiger partial charge on any atom is -0.398 e. The van der Waals surface area contributed by atoms with Gasteiger partial charge in [-0.25, -0.2) is 4.98 Å². The van der Waals surface area contributed by atoms with Gasteiger partial charge in [0.15, 0.2) is 0 Å². The first-order valence-corrected chi connectivity index (χ1v) is 7.73. The van der Waals surface area contributed by atoms with E-state index in [0.29, 0.717) is 0 Å². The highest BCUT2D eigenvalue weighted by Crippen LogP contribution is 2.36. The molecule has 1 heterocycles. The van der Waals surface area contributed by atoms with Gasteiger partial charge in [-0.2, -0.15) is 0 Å². The Hall–Kier alpha value is -1.23. The first-order chi connectivity index (χ1) is 9.11. The van der Waals surface area contributed by atoms with Gasteiger partial charge in [-0.15, -0.1) is 11.3 Å². The molecule has 0 radical (unpaired) electrons. The second kappa shape index (κ2) is 5.04. The van der Waals surface area contributed by atoms with Gasteiger partial charge in [-0.05, 0) is 43.3 Å². The summed E-state index contributed by atoms with van der Waals surface area (Å²) in [6, 6.07) is 11.8. The van der Waals surface area contributed by atoms with E-state index in [1.807, 2.05) is 43.3 Å². The molecule has 2 N–H and O–H groups in total. The third kappa shape index (κ3) is 2.71. The van der Waals surface area contributed by atoms with Gasteiger partial charge < -0.3 is 5.73 Å². The van der Waals surface area contributed by atoms with E-state index in [9.17, 15) is 0 Å². The standard InChI is InChI=1S/C14H11ClN2S2/c1-8-17-12-7-13(11(16)6-14(12)18-8)19-10-4-2-9(15)3-5-10/h2-7H,16H2,1H3. The Morgan fingerprint density at radius 2 is 1.95 bits per heavy atom. The van der Waals surface area contributed by atoms with E-state index in [2.05, 4.69) is 4.98 Å². The average molecular weight is 307 g/mol. The maximum absolute atomic E-state index is 6.11. The highest BCUT2D eigenvalue weighted by atomic mass is 35.5. The molecule has 2 nitrogen and oxygen atoms in total. The molecule has 0 saturated carbocycles. The SMILES string of the molecule is Cc1nc2cc(Sc3ccc(Cl)cc3)c(N)cc2s1. The van der Waals surface area contributed by atoms with Crippen molar-refractivity contribution in [1.29, 1.82) is 0 Å². The summed E-state index contributed by atoms with van der Waals surface area (Å²) in [5, 5.41) is 1.80. The maximum Gasteiger partial charge on any atom is 0.0907 e. The predicted molar refractivity (Wildman–Crippen MR) is 84.3 cm³/mol. The summed E-state index contributed by atoms with van der Waals surface area (Å²) in [4.78, 5) is 6.64. The Kier molecular flexibility index (Phi) is 3.39. The molecule has 3 aromatic rings. The smallest absolute Gasteiger partial charge is 0.0907 e. The lowest BCUT2D eigenvalue weighted by Crippen LogP contribution is -1.88. The third-order valence-corrected chi connectivity index (χ3v) is 4.94. The molecular formula is C14H11ClN2S2. The van der Waals surface area contributed by atoms with Crippen molar-refractivity contribution in [3.63, 3.8) is 0 Å². The molecule has 0 unspecified atom stereocenters. The number of aromatic nitrogens is 1. The number of rotatable bonds is 2. The number of benzene rings is 2. The van der Waals surface area contributed by atoms with E-state index in [1.165, 1.54) is 0 Å². The largest absolute Gasteiger partial charge is 0.398 e. The molecule has 0 aliphatic rings. The van der Waals surface area contributed by atoms with E-state index in [4.69, 9.17) is 17.3 Å². The van der Waals surface area contributed by atoms with Crippen LogP contribution in [0.15, 0.2) is 46.2 Å². The lowest BCUT2D eigenvalue weighted by molar-refractivity contribution is 1.33. The number of anilines is 1. The van der Waals surface area contributed by atoms with Crippen molar-refractivity contribution in [2.75, 3.05) is 5.73 Å². The van der Waals surface area contributed by atoms with Crippen molar-refractivity contribution in [3.05, 3.63) is 46.4 Å². The molecule has 0 fully saturated rings. The summed E-state index contributed by atoms with van der Waals surface area (Å²) >= 11 is 9.18. The quantitative estimate of drug-likeness (QED) is 0.678. The van der Waals surface area contributed by atoms with E-state index in [-0.39, 0.29) is 0 Å². The number of fused-ring (bicyclic) bond motifs is 1. The van der Waals surface area contributed by atoms with Crippen molar-refractivity contribution in [2.24, 2.45) is 0 Å². The number of hydrogen-bond donors (Lipinski definition) is 1. The average Bonchev–Trinajstić information content (AvgIpc) is 2.72. The van der Waals surface area contributed by atoms with Crippen molar-refractivity contribution in [1.82, 2.24) is 4.98 Å². The summed E-state index contributed by atoms with van der Waals surface area (Å²) in [6.07, 6.45) is 0. The molecule has 19 heavy (non-hydrogen) atoms. The maximum atomic E-state index is 6.11. The summed E-state index contributed by atoms with van der Waals surface area (Å²) in [7, 11) is 0. The van der Waals surface area contributed by atoms with Crippen molar-refractivity contribution in [2.45, 2.75) is 16.7 Å². The molecule has 0 atom stereocenters. The monoisotopic (exact) mass is 306 g/mol. The molecule has 1 aromatic heterocycles. The Labute approximate surface area is 124 Å². The Morgan fingerprint density at radius 1 is 1.21 bits per heavy atom. The lowest BCUT2D eigenvalue weighted by atomic mass is 10.3. The normalized spacial score (nSPS) is 11.1. The van der Waals surface area contributed by atoms with Crippen LogP contribution in [0.25, 0.3) is 10.2 Å². The number of halogens is 1. The van der Waals surface area contributed by atoms with E-state index in [1.54, 1.807) is 23.1 Å². The molecule has 0 amide bonds. The van der Waals surface area contributed by atoms with Crippen LogP contribution in [0.4, 0.5) is 5.69 Å². The van der Waals surface area contributed by atoms with Crippen LogP contribution in [0.2, 0.25) is 5.02 Å². The van der Waals surface area contributed by atoms with Crippen LogP contribution < -0.4 is 5.73 Å². The highest BCUT2D eigenvalue weighted by Gasteiger charge is 2.07. The topological polar surface area (TPSA) is 38.9 Å². The lowest BCUT2D eigenvalue weighted by Gasteiger charge is -2.05. The van der Waals surface area contributed by atoms with Gasteiger partial charge in [0.25, 0.3) is 0 Å². The molecule has 0 aliphatic heterocycles. The third-order valence-electron chi connectivity index (χ3n) is 2.67. The van der Waals surface area contributed by atoms with E-state index >= 15 is 0 Å². The predicted octanol–water partition coefficient (Wildman–Crippen LogP) is 4.99. The Morgan fingerprint density at radius 3 is 2.68 bits per heavy atom. The van der Waals surface area contributed by atoms with E-state index in [0.717, 1.165) is 35.7 Å². The summed E-state index contributed by atoms with van der Waals surface area (Å²) in [5.41, 5.74) is 7.90. The zero-order chi connectivity index (χ0) is 13.4. The van der Waals surface area contributed by atoms with E-state index < -0.39 is 0 Å². The Bertz CT molecular complexity index is 735. The first-order valence-electron chi connectivity index (χ1n) is 5.72. The minimum absolute atomic E-state index is 0.739. The molecule has 96 valence electrons. The summed E-state index contributed by atoms with van der Waals surface area (Å²) < 4.78 is 1.13. The van der Waals surface area contributed by atoms with Crippen LogP contribution in [-0.4, -0.2) is 4.98 Å². The van der Waals surface area contributed by atoms with Gasteiger partial charge in [0.2, 0.25) is 0 Å². The van der Waals surface area contributed by atoms with Gasteiger partial charge in [-0.3, -0.25) is 0 Å². The van der Waals surface area contributed by atoms with Crippen LogP contribution in [0, 0.1) is 6.92 Å². The number of aryl methyl sites for hydroxylation is 1. The van der Waals surface area contributed by atoms with Crippen molar-refractivity contribution < 1.29 is 0 Å². The van der Waals surface area contributed by atoms with Crippen LogP contribution in [0.3, 0.4) is 0 Å². The molecule has 0 aliphatic carbocycles. The molecule has 5 heteroatoms. The Balaban J connectivity index is 1.99. The number of thiazole rings is 1. The first kappa shape index (κ1) is 12.8. The van der Waals surface area contributed by atoms with Gasteiger partial charge in [0.1, 0.15) is 0 Å². The number of hydrogen-bond acceptors (Lipinski definition) is 4. The highest BCUT2D eigenvalue weighted by molar-refractivity contribution is 7.99. The molecule has 0 bridgehead atoms. The van der Waals surface area contributed by atoms with Gasteiger partial charge in [0, 0.05) is 20.5 Å². The van der Waals surface area contributed by atoms with Crippen molar-refractivity contribution in [3.8, 4) is 0 Å². The molecule has 2 aromatic carbocycles. The van der Waals surface area contributed by atoms with Gasteiger partial charge in [-0.1, -0.05) is 23.4 Å². The summed E-state index contributed by atoms with van der Waals surface area (Å²) in [6.45, 7) is 2.01. The number of nitrogen functional groups attached to an aromatic ring is 1. The molecule has 0 spiro atoms. The van der Waals surface area contributed by atoms with Gasteiger partial charge in [0.05, 0.1) is 15.2 Å². The zero-order valence-electron chi connectivity index (χ0n) is 10.2. The summed E-state index contributed by atoms with van der Waals surface area (Å²) in [5.74, 6) is 0. The second-order valence-electron chi connectivity index (χ2n) is 4.15. The molecule has 3 rings (SSSR count). The number of nitrogens with two attached hydrogens (primary N) is 1. The van der Waals surface area contributed by atoms with Crippen molar-refractivity contribution >= 4 is 50.6 Å². The fraction of sp³-hybridized carbons (Fsp3) is 0.0714. The fourth-order valence-corrected chi connectivity index (χ4v) is 3.66. The molecule has 0 saturated heterocycles.